The number of hydrogen-bond acceptors (Lipinski definition) is 5. The number of carbonyl (C=O) groups is 1. The van der Waals surface area contributed by atoms with Crippen molar-refractivity contribution in [1.82, 2.24) is 15.0 Å². The summed E-state index contributed by atoms with van der Waals surface area (Å²) in [4.78, 5) is 11.6. The van der Waals surface area contributed by atoms with Gasteiger partial charge in [-0.3, -0.25) is 0 Å². The quantitative estimate of drug-likeness (QED) is 0.715. The van der Waals surface area contributed by atoms with Crippen LogP contribution in [0.5, 0.6) is 0 Å². The van der Waals surface area contributed by atoms with Crippen LogP contribution in [0.4, 0.5) is 0 Å². The van der Waals surface area contributed by atoms with Gasteiger partial charge >= 0.3 is 5.97 Å². The van der Waals surface area contributed by atoms with Gasteiger partial charge < -0.3 is 9.47 Å². The summed E-state index contributed by atoms with van der Waals surface area (Å²) < 4.78 is 12.2. The van der Waals surface area contributed by atoms with Gasteiger partial charge in [0.05, 0.1) is 18.9 Å². The van der Waals surface area contributed by atoms with E-state index in [1.807, 2.05) is 4.68 Å². The second kappa shape index (κ2) is 7.38. The van der Waals surface area contributed by atoms with Crippen LogP contribution >= 0.6 is 0 Å². The Morgan fingerprint density at radius 3 is 3.05 bits per heavy atom. The molecule has 1 unspecified atom stereocenters. The van der Waals surface area contributed by atoms with Crippen molar-refractivity contribution in [2.75, 3.05) is 13.7 Å². The molecule has 0 bridgehead atoms. The molecule has 0 aliphatic carbocycles. The summed E-state index contributed by atoms with van der Waals surface area (Å²) in [6, 6.07) is 0. The van der Waals surface area contributed by atoms with E-state index >= 15 is 0 Å². The van der Waals surface area contributed by atoms with Crippen LogP contribution in [0, 0.1) is 0 Å². The number of rotatable bonds is 7. The number of ether oxygens (including phenoxy) is 2. The molecule has 6 heteroatoms. The first-order chi connectivity index (χ1) is 9.76. The first kappa shape index (κ1) is 15.0. The van der Waals surface area contributed by atoms with Gasteiger partial charge in [0.1, 0.15) is 0 Å². The molecule has 1 aromatic rings. The van der Waals surface area contributed by atoms with Crippen molar-refractivity contribution >= 4 is 5.97 Å². The Balaban J connectivity index is 1.95. The Labute approximate surface area is 119 Å². The molecule has 1 saturated heterocycles. The Bertz CT molecular complexity index is 439. The second-order valence-electron chi connectivity index (χ2n) is 5.13. The first-order valence-corrected chi connectivity index (χ1v) is 7.38. The maximum atomic E-state index is 11.6. The van der Waals surface area contributed by atoms with E-state index in [4.69, 9.17) is 9.47 Å². The van der Waals surface area contributed by atoms with Crippen LogP contribution in [-0.2, 0) is 22.4 Å². The topological polar surface area (TPSA) is 66.2 Å². The largest absolute Gasteiger partial charge is 0.464 e. The van der Waals surface area contributed by atoms with Crippen LogP contribution < -0.4 is 0 Å². The van der Waals surface area contributed by atoms with Crippen molar-refractivity contribution < 1.29 is 14.3 Å². The minimum Gasteiger partial charge on any atom is -0.464 e. The normalized spacial score (nSPS) is 18.4. The minimum absolute atomic E-state index is 0.353. The zero-order chi connectivity index (χ0) is 14.4. The lowest BCUT2D eigenvalue weighted by Crippen LogP contribution is -2.12. The number of carbonyl (C=O) groups excluding carboxylic acids is 1. The van der Waals surface area contributed by atoms with Gasteiger partial charge in [-0.1, -0.05) is 18.6 Å². The molecule has 1 fully saturated rings. The van der Waals surface area contributed by atoms with Gasteiger partial charge in [0.25, 0.3) is 0 Å². The second-order valence-corrected chi connectivity index (χ2v) is 5.13. The van der Waals surface area contributed by atoms with Gasteiger partial charge in [-0.25, -0.2) is 9.48 Å². The smallest absolute Gasteiger partial charge is 0.360 e. The maximum absolute atomic E-state index is 11.6. The van der Waals surface area contributed by atoms with Crippen molar-refractivity contribution in [3.05, 3.63) is 11.4 Å². The number of aryl methyl sites for hydroxylation is 1. The molecule has 1 aliphatic heterocycles. The lowest BCUT2D eigenvalue weighted by molar-refractivity contribution is 0.0592. The number of esters is 1. The van der Waals surface area contributed by atoms with E-state index in [0.29, 0.717) is 11.8 Å². The summed E-state index contributed by atoms with van der Waals surface area (Å²) in [5.74, 6) is -0.404. The molecule has 6 nitrogen and oxygen atoms in total. The average molecular weight is 281 g/mol. The Morgan fingerprint density at radius 1 is 1.55 bits per heavy atom. The van der Waals surface area contributed by atoms with Crippen LogP contribution in [0.15, 0.2) is 0 Å². The fourth-order valence-electron chi connectivity index (χ4n) is 2.59. The fourth-order valence-corrected chi connectivity index (χ4v) is 2.59. The molecule has 1 aromatic heterocycles. The molecule has 1 aliphatic rings. The van der Waals surface area contributed by atoms with Crippen molar-refractivity contribution in [1.29, 1.82) is 0 Å². The minimum atomic E-state index is -0.404. The molecule has 112 valence electrons. The molecule has 0 radical (unpaired) electrons. The zero-order valence-electron chi connectivity index (χ0n) is 12.3. The molecule has 1 atom stereocenters. The predicted molar refractivity (Wildman–Crippen MR) is 73.6 cm³/mol. The lowest BCUT2D eigenvalue weighted by atomic mass is 10.1. The summed E-state index contributed by atoms with van der Waals surface area (Å²) in [6.45, 7) is 3.74. The molecule has 2 heterocycles. The van der Waals surface area contributed by atoms with Crippen molar-refractivity contribution in [3.63, 3.8) is 0 Å². The summed E-state index contributed by atoms with van der Waals surface area (Å²) in [5, 5.41) is 8.06. The van der Waals surface area contributed by atoms with Crippen LogP contribution in [0.25, 0.3) is 0 Å². The molecule has 0 amide bonds. The van der Waals surface area contributed by atoms with Gasteiger partial charge in [-0.2, -0.15) is 0 Å². The molecule has 20 heavy (non-hydrogen) atoms. The van der Waals surface area contributed by atoms with Gasteiger partial charge in [-0.15, -0.1) is 5.10 Å². The predicted octanol–water partition coefficient (Wildman–Crippen LogP) is 1.98. The van der Waals surface area contributed by atoms with E-state index in [2.05, 4.69) is 17.2 Å². The van der Waals surface area contributed by atoms with Crippen molar-refractivity contribution in [3.8, 4) is 0 Å². The third-order valence-corrected chi connectivity index (χ3v) is 3.62. The molecule has 0 aromatic carbocycles. The standard InChI is InChI=1S/C14H23N3O3/c1-3-6-12-13(14(18)19-2)15-16-17(12)9-4-7-11-8-5-10-20-11/h11H,3-10H2,1-2H3. The number of nitrogens with zero attached hydrogens (tertiary/aromatic N) is 3. The van der Waals surface area contributed by atoms with E-state index in [1.165, 1.54) is 13.5 Å². The van der Waals surface area contributed by atoms with Crippen LogP contribution in [-0.4, -0.2) is 40.8 Å². The number of methoxy groups -OCH3 is 1. The Kier molecular flexibility index (Phi) is 5.52. The van der Waals surface area contributed by atoms with Crippen LogP contribution in [0.1, 0.15) is 55.2 Å². The molecule has 0 spiro atoms. The number of aromatic nitrogens is 3. The molecule has 0 saturated carbocycles. The van der Waals surface area contributed by atoms with E-state index < -0.39 is 5.97 Å². The Hall–Kier alpha value is -1.43. The van der Waals surface area contributed by atoms with Gasteiger partial charge in [0.2, 0.25) is 0 Å². The SMILES string of the molecule is CCCc1c(C(=O)OC)nnn1CCCC1CCCO1. The van der Waals surface area contributed by atoms with Crippen LogP contribution in [0.3, 0.4) is 0 Å². The number of hydrogen-bond donors (Lipinski definition) is 0. The first-order valence-electron chi connectivity index (χ1n) is 7.38. The van der Waals surface area contributed by atoms with Crippen molar-refractivity contribution in [2.24, 2.45) is 0 Å². The van der Waals surface area contributed by atoms with E-state index in [9.17, 15) is 4.79 Å². The van der Waals surface area contributed by atoms with Gasteiger partial charge in [0, 0.05) is 13.2 Å². The zero-order valence-corrected chi connectivity index (χ0v) is 12.3. The van der Waals surface area contributed by atoms with Gasteiger partial charge in [0.15, 0.2) is 5.69 Å². The maximum Gasteiger partial charge on any atom is 0.360 e. The third kappa shape index (κ3) is 3.56. The van der Waals surface area contributed by atoms with Crippen LogP contribution in [0.2, 0.25) is 0 Å². The highest BCUT2D eigenvalue weighted by Gasteiger charge is 2.20. The summed E-state index contributed by atoms with van der Waals surface area (Å²) in [7, 11) is 1.37. The summed E-state index contributed by atoms with van der Waals surface area (Å²) in [5.41, 5.74) is 1.23. The summed E-state index contributed by atoms with van der Waals surface area (Å²) in [6.07, 6.45) is 6.49. The lowest BCUT2D eigenvalue weighted by Gasteiger charge is -2.10. The highest BCUT2D eigenvalue weighted by molar-refractivity contribution is 5.88. The third-order valence-electron chi connectivity index (χ3n) is 3.62. The average Bonchev–Trinajstić information content (AvgIpc) is 3.09. The van der Waals surface area contributed by atoms with Gasteiger partial charge in [-0.05, 0) is 32.1 Å². The molecular formula is C14H23N3O3. The van der Waals surface area contributed by atoms with E-state index in [1.54, 1.807) is 0 Å². The van der Waals surface area contributed by atoms with E-state index in [0.717, 1.165) is 50.9 Å². The monoisotopic (exact) mass is 281 g/mol. The molecular weight excluding hydrogens is 258 g/mol. The highest BCUT2D eigenvalue weighted by atomic mass is 16.5. The molecule has 2 rings (SSSR count). The fraction of sp³-hybridized carbons (Fsp3) is 0.786. The van der Waals surface area contributed by atoms with E-state index in [-0.39, 0.29) is 0 Å². The van der Waals surface area contributed by atoms with Crippen molar-refractivity contribution in [2.45, 2.75) is 58.1 Å². The summed E-state index contributed by atoms with van der Waals surface area (Å²) >= 11 is 0. The Morgan fingerprint density at radius 2 is 2.40 bits per heavy atom. The highest BCUT2D eigenvalue weighted by Crippen LogP contribution is 2.18. The molecule has 0 N–H and O–H groups in total.